The van der Waals surface area contributed by atoms with Gasteiger partial charge >= 0.3 is 0 Å². The Balaban J connectivity index is 1.68. The summed E-state index contributed by atoms with van der Waals surface area (Å²) in [6.45, 7) is 2.05. The van der Waals surface area contributed by atoms with Crippen molar-refractivity contribution in [2.75, 3.05) is 4.72 Å². The average molecular weight is 388 g/mol. The van der Waals surface area contributed by atoms with E-state index in [1.807, 2.05) is 67.6 Å². The molecule has 5 heteroatoms. The Morgan fingerprint density at radius 3 is 2.43 bits per heavy atom. The number of benzene rings is 3. The maximum atomic E-state index is 12.7. The Labute approximate surface area is 164 Å². The van der Waals surface area contributed by atoms with E-state index in [-0.39, 0.29) is 5.75 Å². The van der Waals surface area contributed by atoms with Crippen LogP contribution in [0.4, 0.5) is 5.69 Å². The quantitative estimate of drug-likeness (QED) is 0.514. The van der Waals surface area contributed by atoms with Gasteiger partial charge in [0.15, 0.2) is 0 Å². The zero-order valence-electron chi connectivity index (χ0n) is 15.5. The first-order chi connectivity index (χ1) is 13.5. The second-order valence-electron chi connectivity index (χ2n) is 6.78. The first-order valence-electron chi connectivity index (χ1n) is 9.01. The van der Waals surface area contributed by atoms with Crippen molar-refractivity contribution in [1.29, 1.82) is 0 Å². The van der Waals surface area contributed by atoms with Gasteiger partial charge in [-0.05, 0) is 36.8 Å². The summed E-state index contributed by atoms with van der Waals surface area (Å²) in [5, 5.41) is 1.06. The molecule has 0 fully saturated rings. The van der Waals surface area contributed by atoms with Crippen LogP contribution < -0.4 is 4.72 Å². The standard InChI is InChI=1S/C23H20N2O2S/c1-17-11-13-21-19(15-17)12-14-22(24-21)20-9-5-6-10-23(20)25-28(26,27)16-18-7-3-2-4-8-18/h2-15,25H,16H2,1H3. The van der Waals surface area contributed by atoms with Crippen LogP contribution in [0, 0.1) is 6.92 Å². The molecule has 140 valence electrons. The number of anilines is 1. The van der Waals surface area contributed by atoms with Gasteiger partial charge in [0, 0.05) is 10.9 Å². The maximum absolute atomic E-state index is 12.7. The van der Waals surface area contributed by atoms with E-state index < -0.39 is 10.0 Å². The third-order valence-corrected chi connectivity index (χ3v) is 5.76. The molecule has 28 heavy (non-hydrogen) atoms. The minimum Gasteiger partial charge on any atom is -0.283 e. The summed E-state index contributed by atoms with van der Waals surface area (Å²) < 4.78 is 28.1. The van der Waals surface area contributed by atoms with E-state index in [9.17, 15) is 8.42 Å². The molecule has 1 heterocycles. The predicted octanol–water partition coefficient (Wildman–Crippen LogP) is 5.15. The largest absolute Gasteiger partial charge is 0.283 e. The highest BCUT2D eigenvalue weighted by molar-refractivity contribution is 7.91. The summed E-state index contributed by atoms with van der Waals surface area (Å²) in [5.41, 5.74) is 4.81. The normalized spacial score (nSPS) is 11.5. The van der Waals surface area contributed by atoms with Gasteiger partial charge in [0.25, 0.3) is 0 Å². The Morgan fingerprint density at radius 2 is 1.61 bits per heavy atom. The zero-order chi connectivity index (χ0) is 19.6. The van der Waals surface area contributed by atoms with Crippen molar-refractivity contribution >= 4 is 26.6 Å². The minimum atomic E-state index is -3.54. The van der Waals surface area contributed by atoms with Gasteiger partial charge in [-0.3, -0.25) is 4.72 Å². The molecule has 0 bridgehead atoms. The van der Waals surface area contributed by atoms with Crippen molar-refractivity contribution < 1.29 is 8.42 Å². The Bertz CT molecular complexity index is 1240. The molecule has 1 aromatic heterocycles. The van der Waals surface area contributed by atoms with Gasteiger partial charge in [-0.25, -0.2) is 13.4 Å². The van der Waals surface area contributed by atoms with Gasteiger partial charge in [-0.15, -0.1) is 0 Å². The lowest BCUT2D eigenvalue weighted by Gasteiger charge is -2.13. The number of rotatable bonds is 5. The van der Waals surface area contributed by atoms with Crippen LogP contribution in [0.25, 0.3) is 22.2 Å². The summed E-state index contributed by atoms with van der Waals surface area (Å²) in [4.78, 5) is 4.73. The second-order valence-corrected chi connectivity index (χ2v) is 8.51. The molecule has 0 saturated carbocycles. The van der Waals surface area contributed by atoms with Crippen LogP contribution in [0.1, 0.15) is 11.1 Å². The van der Waals surface area contributed by atoms with Gasteiger partial charge in [0.1, 0.15) is 0 Å². The number of hydrogen-bond donors (Lipinski definition) is 1. The first kappa shape index (κ1) is 18.2. The fraction of sp³-hybridized carbons (Fsp3) is 0.0870. The molecule has 1 N–H and O–H groups in total. The monoisotopic (exact) mass is 388 g/mol. The van der Waals surface area contributed by atoms with Crippen molar-refractivity contribution in [3.05, 3.63) is 96.1 Å². The molecule has 0 unspecified atom stereocenters. The number of para-hydroxylation sites is 1. The molecule has 0 aliphatic carbocycles. The van der Waals surface area contributed by atoms with Crippen molar-refractivity contribution in [2.24, 2.45) is 0 Å². The highest BCUT2D eigenvalue weighted by Crippen LogP contribution is 2.29. The van der Waals surface area contributed by atoms with Gasteiger partial charge in [0.05, 0.1) is 22.7 Å². The molecular formula is C23H20N2O2S. The fourth-order valence-electron chi connectivity index (χ4n) is 3.19. The SMILES string of the molecule is Cc1ccc2nc(-c3ccccc3NS(=O)(=O)Cc3ccccc3)ccc2c1. The number of aromatic nitrogens is 1. The molecule has 0 radical (unpaired) electrons. The lowest BCUT2D eigenvalue weighted by Crippen LogP contribution is -2.15. The van der Waals surface area contributed by atoms with Crippen LogP contribution in [-0.2, 0) is 15.8 Å². The molecule has 0 amide bonds. The lowest BCUT2D eigenvalue weighted by molar-refractivity contribution is 0.600. The van der Waals surface area contributed by atoms with Crippen molar-refractivity contribution in [3.63, 3.8) is 0 Å². The molecule has 0 aliphatic rings. The summed E-state index contributed by atoms with van der Waals surface area (Å²) in [7, 11) is -3.54. The minimum absolute atomic E-state index is 0.0768. The second kappa shape index (κ2) is 7.44. The van der Waals surface area contributed by atoms with Crippen LogP contribution in [0.5, 0.6) is 0 Å². The number of fused-ring (bicyclic) bond motifs is 1. The molecule has 4 nitrogen and oxygen atoms in total. The topological polar surface area (TPSA) is 59.1 Å². The van der Waals surface area contributed by atoms with E-state index in [4.69, 9.17) is 4.98 Å². The highest BCUT2D eigenvalue weighted by atomic mass is 32.2. The van der Waals surface area contributed by atoms with E-state index in [2.05, 4.69) is 10.8 Å². The number of nitrogens with zero attached hydrogens (tertiary/aromatic N) is 1. The van der Waals surface area contributed by atoms with Crippen LogP contribution in [0.2, 0.25) is 0 Å². The van der Waals surface area contributed by atoms with E-state index in [0.29, 0.717) is 5.69 Å². The third kappa shape index (κ3) is 4.05. The summed E-state index contributed by atoms with van der Waals surface area (Å²) >= 11 is 0. The summed E-state index contributed by atoms with van der Waals surface area (Å²) in [6.07, 6.45) is 0. The number of hydrogen-bond acceptors (Lipinski definition) is 3. The number of nitrogens with one attached hydrogen (secondary N) is 1. The molecule has 3 aromatic carbocycles. The molecule has 4 rings (SSSR count). The summed E-state index contributed by atoms with van der Waals surface area (Å²) in [5.74, 6) is -0.0768. The average Bonchev–Trinajstić information content (AvgIpc) is 2.68. The van der Waals surface area contributed by atoms with E-state index in [1.165, 1.54) is 5.56 Å². The number of sulfonamides is 1. The molecule has 0 atom stereocenters. The lowest BCUT2D eigenvalue weighted by atomic mass is 10.1. The molecule has 0 saturated heterocycles. The van der Waals surface area contributed by atoms with Crippen molar-refractivity contribution in [1.82, 2.24) is 4.98 Å². The van der Waals surface area contributed by atoms with Gasteiger partial charge in [0.2, 0.25) is 10.0 Å². The zero-order valence-corrected chi connectivity index (χ0v) is 16.3. The van der Waals surface area contributed by atoms with Crippen LogP contribution in [0.15, 0.2) is 84.9 Å². The Morgan fingerprint density at radius 1 is 0.857 bits per heavy atom. The third-order valence-electron chi connectivity index (χ3n) is 4.51. The van der Waals surface area contributed by atoms with Crippen molar-refractivity contribution in [3.8, 4) is 11.3 Å². The molecular weight excluding hydrogens is 368 g/mol. The number of pyridine rings is 1. The molecule has 0 aliphatic heterocycles. The van der Waals surface area contributed by atoms with Crippen LogP contribution in [-0.4, -0.2) is 13.4 Å². The van der Waals surface area contributed by atoms with Crippen LogP contribution in [0.3, 0.4) is 0 Å². The fourth-order valence-corrected chi connectivity index (χ4v) is 4.40. The molecule has 4 aromatic rings. The van der Waals surface area contributed by atoms with E-state index in [1.54, 1.807) is 18.2 Å². The molecule has 0 spiro atoms. The predicted molar refractivity (Wildman–Crippen MR) is 115 cm³/mol. The van der Waals surface area contributed by atoms with E-state index >= 15 is 0 Å². The van der Waals surface area contributed by atoms with Crippen molar-refractivity contribution in [2.45, 2.75) is 12.7 Å². The van der Waals surface area contributed by atoms with E-state index in [0.717, 1.165) is 27.7 Å². The number of aryl methyl sites for hydroxylation is 1. The van der Waals surface area contributed by atoms with Crippen LogP contribution >= 0.6 is 0 Å². The van der Waals surface area contributed by atoms with Gasteiger partial charge in [-0.2, -0.15) is 0 Å². The Kier molecular flexibility index (Phi) is 4.84. The smallest absolute Gasteiger partial charge is 0.236 e. The Hall–Kier alpha value is -3.18. The summed E-state index contributed by atoms with van der Waals surface area (Å²) in [6, 6.07) is 26.5. The van der Waals surface area contributed by atoms with Gasteiger partial charge < -0.3 is 0 Å². The van der Waals surface area contributed by atoms with Gasteiger partial charge in [-0.1, -0.05) is 66.2 Å². The first-order valence-corrected chi connectivity index (χ1v) is 10.7. The highest BCUT2D eigenvalue weighted by Gasteiger charge is 2.15. The maximum Gasteiger partial charge on any atom is 0.236 e.